The van der Waals surface area contributed by atoms with Crippen molar-refractivity contribution in [3.8, 4) is 89.8 Å². The van der Waals surface area contributed by atoms with Crippen LogP contribution in [0, 0.1) is 0 Å². The molecule has 4 nitrogen and oxygen atoms in total. The van der Waals surface area contributed by atoms with Crippen molar-refractivity contribution in [1.82, 2.24) is 15.0 Å². The maximum absolute atomic E-state index is 6.58. The van der Waals surface area contributed by atoms with Crippen molar-refractivity contribution in [1.29, 1.82) is 0 Å². The molecular weight excluding hydrogens is 779 g/mol. The van der Waals surface area contributed by atoms with Crippen LogP contribution in [-0.4, -0.2) is 15.0 Å². The van der Waals surface area contributed by atoms with Crippen LogP contribution in [-0.2, 0) is 5.41 Å². The summed E-state index contributed by atoms with van der Waals surface area (Å²) in [6.07, 6.45) is 0. The maximum Gasteiger partial charge on any atom is 0.164 e. The van der Waals surface area contributed by atoms with Gasteiger partial charge in [-0.2, -0.15) is 0 Å². The van der Waals surface area contributed by atoms with Crippen LogP contribution in [0.15, 0.2) is 217 Å². The van der Waals surface area contributed by atoms with Gasteiger partial charge in [0.05, 0.1) is 0 Å². The quantitative estimate of drug-likeness (QED) is 0.161. The van der Waals surface area contributed by atoms with E-state index in [9.17, 15) is 0 Å². The molecule has 0 spiro atoms. The van der Waals surface area contributed by atoms with Crippen LogP contribution in [0.5, 0.6) is 0 Å². The Morgan fingerprint density at radius 1 is 0.312 bits per heavy atom. The molecule has 302 valence electrons. The first-order chi connectivity index (χ1) is 31.4. The number of furan rings is 1. The number of aromatic nitrogens is 3. The molecule has 2 heterocycles. The molecule has 0 saturated heterocycles. The van der Waals surface area contributed by atoms with Gasteiger partial charge in [0.1, 0.15) is 11.2 Å². The van der Waals surface area contributed by atoms with Crippen LogP contribution in [0.2, 0.25) is 0 Å². The third-order valence-corrected chi connectivity index (χ3v) is 13.0. The van der Waals surface area contributed by atoms with Crippen molar-refractivity contribution in [2.75, 3.05) is 0 Å². The van der Waals surface area contributed by atoms with Gasteiger partial charge in [0.15, 0.2) is 17.5 Å². The maximum atomic E-state index is 6.58. The molecule has 0 unspecified atom stereocenters. The van der Waals surface area contributed by atoms with Crippen LogP contribution < -0.4 is 0 Å². The Hall–Kier alpha value is -8.21. The molecule has 11 aromatic rings. The van der Waals surface area contributed by atoms with Crippen LogP contribution in [0.4, 0.5) is 0 Å². The smallest absolute Gasteiger partial charge is 0.164 e. The zero-order chi connectivity index (χ0) is 42.8. The van der Waals surface area contributed by atoms with Gasteiger partial charge in [0, 0.05) is 32.9 Å². The molecule has 64 heavy (non-hydrogen) atoms. The summed E-state index contributed by atoms with van der Waals surface area (Å²) in [6.45, 7) is 4.61. The van der Waals surface area contributed by atoms with Crippen molar-refractivity contribution >= 4 is 21.9 Å². The van der Waals surface area contributed by atoms with Crippen molar-refractivity contribution in [3.05, 3.63) is 223 Å². The van der Waals surface area contributed by atoms with Crippen LogP contribution >= 0.6 is 0 Å². The van der Waals surface area contributed by atoms with E-state index in [1.807, 2.05) is 12.1 Å². The standard InChI is InChI=1S/C60H41N3O/c1-60(2)52-21-10-9-19-49(52)50-33-32-47(36-53(50)60)59-62-57(43-29-25-41(26-30-43)39-15-7-4-8-16-39)61-58(63-59)46-18-11-17-44(35-46)45-31-34-51-55(37-45)64-54-22-12-20-48(56(51)54)42-27-23-40(24-28-42)38-13-5-3-6-14-38/h3-37H,1-2H3. The van der Waals surface area contributed by atoms with E-state index in [1.54, 1.807) is 0 Å². The summed E-state index contributed by atoms with van der Waals surface area (Å²) in [5.74, 6) is 1.88. The van der Waals surface area contributed by atoms with Crippen molar-refractivity contribution in [2.24, 2.45) is 0 Å². The number of fused-ring (bicyclic) bond motifs is 6. The van der Waals surface area contributed by atoms with E-state index in [0.717, 1.165) is 66.4 Å². The molecule has 0 fully saturated rings. The van der Waals surface area contributed by atoms with E-state index in [0.29, 0.717) is 17.5 Å². The number of rotatable bonds is 7. The summed E-state index contributed by atoms with van der Waals surface area (Å²) in [5.41, 5.74) is 18.6. The first kappa shape index (κ1) is 37.5. The summed E-state index contributed by atoms with van der Waals surface area (Å²) in [5, 5.41) is 2.20. The van der Waals surface area contributed by atoms with Crippen molar-refractivity contribution < 1.29 is 4.42 Å². The van der Waals surface area contributed by atoms with E-state index in [4.69, 9.17) is 19.4 Å². The third-order valence-electron chi connectivity index (χ3n) is 13.0. The summed E-state index contributed by atoms with van der Waals surface area (Å²) in [4.78, 5) is 15.6. The monoisotopic (exact) mass is 819 g/mol. The number of hydrogen-bond donors (Lipinski definition) is 0. The molecule has 0 atom stereocenters. The molecule has 1 aliphatic rings. The predicted molar refractivity (Wildman–Crippen MR) is 263 cm³/mol. The Labute approximate surface area is 372 Å². The Balaban J connectivity index is 0.932. The highest BCUT2D eigenvalue weighted by Gasteiger charge is 2.35. The van der Waals surface area contributed by atoms with Gasteiger partial charge in [-0.1, -0.05) is 196 Å². The fraction of sp³-hybridized carbons (Fsp3) is 0.0500. The van der Waals surface area contributed by atoms with Crippen LogP contribution in [0.1, 0.15) is 25.0 Å². The molecule has 4 heteroatoms. The third kappa shape index (κ3) is 6.42. The van der Waals surface area contributed by atoms with Gasteiger partial charge < -0.3 is 4.42 Å². The summed E-state index contributed by atoms with van der Waals surface area (Å²) >= 11 is 0. The lowest BCUT2D eigenvalue weighted by atomic mass is 9.82. The van der Waals surface area contributed by atoms with E-state index < -0.39 is 0 Å². The Bertz CT molecular complexity index is 3550. The zero-order valence-electron chi connectivity index (χ0n) is 35.5. The largest absolute Gasteiger partial charge is 0.456 e. The first-order valence-electron chi connectivity index (χ1n) is 21.8. The number of hydrogen-bond acceptors (Lipinski definition) is 4. The normalized spacial score (nSPS) is 12.7. The van der Waals surface area contributed by atoms with Gasteiger partial charge in [-0.25, -0.2) is 15.0 Å². The summed E-state index contributed by atoms with van der Waals surface area (Å²) < 4.78 is 6.58. The number of nitrogens with zero attached hydrogens (tertiary/aromatic N) is 3. The topological polar surface area (TPSA) is 51.8 Å². The lowest BCUT2D eigenvalue weighted by Gasteiger charge is -2.21. The molecule has 12 rings (SSSR count). The van der Waals surface area contributed by atoms with E-state index in [-0.39, 0.29) is 5.41 Å². The van der Waals surface area contributed by atoms with Gasteiger partial charge in [-0.3, -0.25) is 0 Å². The Kier molecular flexibility index (Phi) is 8.80. The molecule has 0 radical (unpaired) electrons. The first-order valence-corrected chi connectivity index (χ1v) is 21.8. The summed E-state index contributed by atoms with van der Waals surface area (Å²) in [6, 6.07) is 75.0. The van der Waals surface area contributed by atoms with Gasteiger partial charge in [-0.15, -0.1) is 0 Å². The molecule has 0 bridgehead atoms. The van der Waals surface area contributed by atoms with Crippen molar-refractivity contribution in [2.45, 2.75) is 19.3 Å². The predicted octanol–water partition coefficient (Wildman–Crippen LogP) is 15.7. The second-order valence-corrected chi connectivity index (χ2v) is 17.2. The van der Waals surface area contributed by atoms with Gasteiger partial charge >= 0.3 is 0 Å². The van der Waals surface area contributed by atoms with Crippen LogP contribution in [0.25, 0.3) is 112 Å². The van der Waals surface area contributed by atoms with Gasteiger partial charge in [0.2, 0.25) is 0 Å². The lowest BCUT2D eigenvalue weighted by molar-refractivity contribution is 0.660. The highest BCUT2D eigenvalue weighted by molar-refractivity contribution is 6.13. The lowest BCUT2D eigenvalue weighted by Crippen LogP contribution is -2.15. The molecule has 1 aliphatic carbocycles. The molecule has 0 saturated carbocycles. The highest BCUT2D eigenvalue weighted by atomic mass is 16.3. The van der Waals surface area contributed by atoms with Crippen molar-refractivity contribution in [3.63, 3.8) is 0 Å². The fourth-order valence-corrected chi connectivity index (χ4v) is 9.61. The minimum Gasteiger partial charge on any atom is -0.456 e. The second kappa shape index (κ2) is 15.0. The second-order valence-electron chi connectivity index (χ2n) is 17.2. The minimum absolute atomic E-state index is 0.154. The molecule has 0 amide bonds. The van der Waals surface area contributed by atoms with Gasteiger partial charge in [0.25, 0.3) is 0 Å². The number of benzene rings is 9. The average Bonchev–Trinajstić information content (AvgIpc) is 3.85. The minimum atomic E-state index is -0.154. The van der Waals surface area contributed by atoms with E-state index >= 15 is 0 Å². The highest BCUT2D eigenvalue weighted by Crippen LogP contribution is 2.49. The van der Waals surface area contributed by atoms with Crippen LogP contribution in [0.3, 0.4) is 0 Å². The SMILES string of the molecule is CC1(C)c2ccccc2-c2ccc(-c3nc(-c4ccc(-c5ccccc5)cc4)nc(-c4cccc(-c5ccc6c(c5)oc5cccc(-c7ccc(-c8ccccc8)cc7)c56)c4)n3)cc21. The Morgan fingerprint density at radius 3 is 1.48 bits per heavy atom. The molecule has 0 aliphatic heterocycles. The molecular formula is C60H41N3O. The molecule has 2 aromatic heterocycles. The molecule has 0 N–H and O–H groups in total. The fourth-order valence-electron chi connectivity index (χ4n) is 9.61. The van der Waals surface area contributed by atoms with E-state index in [1.165, 1.54) is 38.9 Å². The average molecular weight is 820 g/mol. The van der Waals surface area contributed by atoms with Gasteiger partial charge in [-0.05, 0) is 97.1 Å². The van der Waals surface area contributed by atoms with E-state index in [2.05, 4.69) is 214 Å². The summed E-state index contributed by atoms with van der Waals surface area (Å²) in [7, 11) is 0. The molecule has 9 aromatic carbocycles. The zero-order valence-corrected chi connectivity index (χ0v) is 35.5. The Morgan fingerprint density at radius 2 is 0.781 bits per heavy atom.